The molecular formula is C18H21FN6O. The van der Waals surface area contributed by atoms with Gasteiger partial charge in [-0.3, -0.25) is 10.2 Å². The van der Waals surface area contributed by atoms with Crippen LogP contribution in [0.15, 0.2) is 29.4 Å². The van der Waals surface area contributed by atoms with Crippen molar-refractivity contribution in [1.82, 2.24) is 15.3 Å². The number of aromatic nitrogens is 2. The van der Waals surface area contributed by atoms with Crippen molar-refractivity contribution in [2.45, 2.75) is 38.1 Å². The summed E-state index contributed by atoms with van der Waals surface area (Å²) in [7, 11) is 0. The summed E-state index contributed by atoms with van der Waals surface area (Å²) < 4.78 is 13.4. The zero-order valence-electron chi connectivity index (χ0n) is 14.3. The van der Waals surface area contributed by atoms with Crippen molar-refractivity contribution in [3.8, 4) is 11.3 Å². The molecule has 0 saturated heterocycles. The van der Waals surface area contributed by atoms with E-state index in [-0.39, 0.29) is 17.8 Å². The first-order chi connectivity index (χ1) is 12.6. The van der Waals surface area contributed by atoms with Gasteiger partial charge in [0.25, 0.3) is 5.91 Å². The lowest BCUT2D eigenvalue weighted by Crippen LogP contribution is -2.37. The number of amidine groups is 1. The van der Waals surface area contributed by atoms with Crippen LogP contribution in [0, 0.1) is 11.4 Å². The molecule has 7 nitrogen and oxygen atoms in total. The molecule has 3 rings (SSSR count). The van der Waals surface area contributed by atoms with Crippen molar-refractivity contribution in [1.29, 1.82) is 5.41 Å². The van der Waals surface area contributed by atoms with E-state index in [4.69, 9.17) is 11.1 Å². The minimum atomic E-state index is -0.618. The van der Waals surface area contributed by atoms with Crippen LogP contribution in [-0.2, 0) is 0 Å². The van der Waals surface area contributed by atoms with E-state index in [9.17, 15) is 9.18 Å². The molecular weight excluding hydrogens is 335 g/mol. The fraction of sp³-hybridized carbons (Fsp3) is 0.333. The second-order valence-corrected chi connectivity index (χ2v) is 6.29. The number of carbonyl (C=O) groups is 1. The molecule has 0 bridgehead atoms. The molecule has 136 valence electrons. The van der Waals surface area contributed by atoms with Gasteiger partial charge in [0.2, 0.25) is 5.95 Å². The van der Waals surface area contributed by atoms with Gasteiger partial charge in [0.1, 0.15) is 12.2 Å². The highest BCUT2D eigenvalue weighted by atomic mass is 19.1. The van der Waals surface area contributed by atoms with Gasteiger partial charge in [-0.05, 0) is 25.0 Å². The number of nitrogens with two attached hydrogens (primary N) is 1. The van der Waals surface area contributed by atoms with Gasteiger partial charge < -0.3 is 16.0 Å². The van der Waals surface area contributed by atoms with Gasteiger partial charge in [-0.2, -0.15) is 4.39 Å². The molecule has 1 saturated carbocycles. The summed E-state index contributed by atoms with van der Waals surface area (Å²) in [5.41, 5.74) is 7.60. The molecule has 1 fully saturated rings. The van der Waals surface area contributed by atoms with E-state index >= 15 is 0 Å². The number of pyridine rings is 1. The molecule has 1 aliphatic carbocycles. The fourth-order valence-electron chi connectivity index (χ4n) is 3.21. The number of nitrogens with one attached hydrogen (secondary N) is 3. The molecule has 5 N–H and O–H groups in total. The molecule has 2 aromatic heterocycles. The summed E-state index contributed by atoms with van der Waals surface area (Å²) in [6, 6.07) is 4.66. The molecule has 0 unspecified atom stereocenters. The highest BCUT2D eigenvalue weighted by Crippen LogP contribution is 2.23. The van der Waals surface area contributed by atoms with E-state index in [1.165, 1.54) is 18.7 Å². The minimum Gasteiger partial charge on any atom is -0.382 e. The largest absolute Gasteiger partial charge is 0.382 e. The Morgan fingerprint density at radius 3 is 2.85 bits per heavy atom. The number of halogens is 1. The Labute approximate surface area is 150 Å². The number of nitrogens with zero attached hydrogens (tertiary/aromatic N) is 2. The maximum atomic E-state index is 13.4. The molecule has 0 atom stereocenters. The number of hydrogen-bond donors (Lipinski definition) is 4. The van der Waals surface area contributed by atoms with Crippen LogP contribution in [0.2, 0.25) is 0 Å². The Morgan fingerprint density at radius 2 is 2.15 bits per heavy atom. The van der Waals surface area contributed by atoms with Crippen molar-refractivity contribution in [2.75, 3.05) is 0 Å². The highest BCUT2D eigenvalue weighted by Gasteiger charge is 2.22. The van der Waals surface area contributed by atoms with Crippen LogP contribution in [0.3, 0.4) is 0 Å². The Bertz CT molecular complexity index is 838. The lowest BCUT2D eigenvalue weighted by molar-refractivity contribution is 0.0927. The van der Waals surface area contributed by atoms with Crippen LogP contribution in [-0.4, -0.2) is 34.1 Å². The topological polar surface area (TPSA) is 120 Å². The van der Waals surface area contributed by atoms with Gasteiger partial charge in [-0.25, -0.2) is 9.98 Å². The monoisotopic (exact) mass is 356 g/mol. The molecule has 8 heteroatoms. The summed E-state index contributed by atoms with van der Waals surface area (Å²) in [6.45, 7) is 0. The molecule has 1 aliphatic rings. The van der Waals surface area contributed by atoms with Gasteiger partial charge in [-0.1, -0.05) is 19.3 Å². The van der Waals surface area contributed by atoms with Crippen LogP contribution in [0.4, 0.5) is 4.39 Å². The fourth-order valence-corrected chi connectivity index (χ4v) is 3.21. The average Bonchev–Trinajstić information content (AvgIpc) is 3.08. The molecule has 0 aromatic carbocycles. The summed E-state index contributed by atoms with van der Waals surface area (Å²) in [6.07, 6.45) is 7.47. The Hall–Kier alpha value is -3.03. The normalized spacial score (nSPS) is 15.7. The summed E-state index contributed by atoms with van der Waals surface area (Å²) in [5.74, 6) is -0.852. The Kier molecular flexibility index (Phi) is 5.40. The molecule has 0 aliphatic heterocycles. The lowest BCUT2D eigenvalue weighted by atomic mass is 9.95. The number of hydrogen-bond acceptors (Lipinski definition) is 3. The minimum absolute atomic E-state index is 0.0228. The third kappa shape index (κ3) is 3.96. The van der Waals surface area contributed by atoms with Crippen molar-refractivity contribution in [3.05, 3.63) is 41.6 Å². The van der Waals surface area contributed by atoms with Crippen molar-refractivity contribution in [2.24, 2.45) is 10.7 Å². The number of amides is 1. The standard InChI is InChI=1S/C18H21FN6O/c19-15-8-11(6-7-22-15)14-9-13(16(25-14)17(21)23-10-20)18(26)24-12-4-2-1-3-5-12/h6-10,12,25H,1-5H2,(H,24,26)(H3,20,21,23). The molecule has 1 amide bonds. The Balaban J connectivity index is 1.94. The van der Waals surface area contributed by atoms with Crippen LogP contribution < -0.4 is 11.1 Å². The predicted molar refractivity (Wildman–Crippen MR) is 97.8 cm³/mol. The molecule has 2 heterocycles. The zero-order chi connectivity index (χ0) is 18.5. The molecule has 0 radical (unpaired) electrons. The first-order valence-corrected chi connectivity index (χ1v) is 8.57. The number of carbonyl (C=O) groups excluding carboxylic acids is 1. The average molecular weight is 356 g/mol. The van der Waals surface area contributed by atoms with Crippen LogP contribution in [0.1, 0.15) is 48.2 Å². The smallest absolute Gasteiger partial charge is 0.253 e. The molecule has 2 aromatic rings. The number of aromatic amines is 1. The van der Waals surface area contributed by atoms with E-state index in [1.807, 2.05) is 0 Å². The maximum Gasteiger partial charge on any atom is 0.253 e. The van der Waals surface area contributed by atoms with E-state index in [0.717, 1.165) is 32.0 Å². The number of rotatable bonds is 5. The Morgan fingerprint density at radius 1 is 1.38 bits per heavy atom. The quantitative estimate of drug-likeness (QED) is 0.374. The van der Waals surface area contributed by atoms with Gasteiger partial charge in [0.05, 0.1) is 11.3 Å². The predicted octanol–water partition coefficient (Wildman–Crippen LogP) is 2.59. The van der Waals surface area contributed by atoms with Crippen molar-refractivity contribution >= 4 is 18.1 Å². The van der Waals surface area contributed by atoms with Gasteiger partial charge in [-0.15, -0.1) is 0 Å². The van der Waals surface area contributed by atoms with E-state index in [0.29, 0.717) is 22.5 Å². The highest BCUT2D eigenvalue weighted by molar-refractivity contribution is 6.10. The SMILES string of the molecule is N=CN=C(N)c1[nH]c(-c2ccnc(F)c2)cc1C(=O)NC1CCCCC1. The number of H-pyrrole nitrogens is 1. The van der Waals surface area contributed by atoms with Gasteiger partial charge in [0.15, 0.2) is 0 Å². The second kappa shape index (κ2) is 7.90. The second-order valence-electron chi connectivity index (χ2n) is 6.29. The number of aliphatic imine (C=N–C) groups is 1. The zero-order valence-corrected chi connectivity index (χ0v) is 14.3. The van der Waals surface area contributed by atoms with Crippen molar-refractivity contribution in [3.63, 3.8) is 0 Å². The summed E-state index contributed by atoms with van der Waals surface area (Å²) in [5, 5.41) is 10.1. The maximum absolute atomic E-state index is 13.4. The van der Waals surface area contributed by atoms with Gasteiger partial charge >= 0.3 is 0 Å². The van der Waals surface area contributed by atoms with Crippen molar-refractivity contribution < 1.29 is 9.18 Å². The van der Waals surface area contributed by atoms with E-state index in [2.05, 4.69) is 20.3 Å². The van der Waals surface area contributed by atoms with Gasteiger partial charge in [0, 0.05) is 29.6 Å². The van der Waals surface area contributed by atoms with Crippen LogP contribution >= 0.6 is 0 Å². The first kappa shape index (κ1) is 17.8. The molecule has 0 spiro atoms. The lowest BCUT2D eigenvalue weighted by Gasteiger charge is -2.22. The van der Waals surface area contributed by atoms with E-state index in [1.54, 1.807) is 12.1 Å². The van der Waals surface area contributed by atoms with Crippen LogP contribution in [0.25, 0.3) is 11.3 Å². The summed E-state index contributed by atoms with van der Waals surface area (Å²) in [4.78, 5) is 23.1. The van der Waals surface area contributed by atoms with Crippen LogP contribution in [0.5, 0.6) is 0 Å². The third-order valence-electron chi connectivity index (χ3n) is 4.50. The first-order valence-electron chi connectivity index (χ1n) is 8.57. The third-order valence-corrected chi connectivity index (χ3v) is 4.50. The van der Waals surface area contributed by atoms with E-state index < -0.39 is 5.95 Å². The summed E-state index contributed by atoms with van der Waals surface area (Å²) >= 11 is 0. The molecule has 26 heavy (non-hydrogen) atoms.